The lowest BCUT2D eigenvalue weighted by Gasteiger charge is -2.05. The summed E-state index contributed by atoms with van der Waals surface area (Å²) in [7, 11) is 0. The minimum absolute atomic E-state index is 0.152. The molecule has 2 aromatic heterocycles. The minimum Gasteiger partial charge on any atom is -0.451 e. The first-order chi connectivity index (χ1) is 15.6. The van der Waals surface area contributed by atoms with Gasteiger partial charge in [-0.1, -0.05) is 36.8 Å². The summed E-state index contributed by atoms with van der Waals surface area (Å²) in [5.74, 6) is -1.13. The molecular weight excluding hydrogens is 444 g/mol. The van der Waals surface area contributed by atoms with E-state index in [1.165, 1.54) is 27.6 Å². The quantitative estimate of drug-likeness (QED) is 0.385. The van der Waals surface area contributed by atoms with E-state index in [1.54, 1.807) is 5.38 Å². The summed E-state index contributed by atoms with van der Waals surface area (Å²) < 4.78 is 5.12. The Balaban J connectivity index is 1.30. The third-order valence-electron chi connectivity index (χ3n) is 5.12. The number of ether oxygens (including phenoxy) is 1. The highest BCUT2D eigenvalue weighted by atomic mass is 32.1. The minimum atomic E-state index is -0.661. The van der Waals surface area contributed by atoms with Gasteiger partial charge in [0.2, 0.25) is 0 Å². The molecule has 0 saturated heterocycles. The number of fused-ring (bicyclic) bond motifs is 1. The van der Waals surface area contributed by atoms with Gasteiger partial charge in [-0.2, -0.15) is 5.26 Å². The smallest absolute Gasteiger partial charge is 0.358 e. The standard InChI is InChI=1S/C23H22N4O3S2/c24-11-17-16-9-5-2-6-10-19(16)32-21(17)27-20(28)13-30-22(29)18-14-31-23(26-18)25-12-15-7-3-1-4-8-15/h1,3-4,7-8,14H,2,5-6,9-10,12-13H2,(H,25,26)(H,27,28). The summed E-state index contributed by atoms with van der Waals surface area (Å²) in [6.07, 6.45) is 5.11. The van der Waals surface area contributed by atoms with Crippen LogP contribution in [0.3, 0.4) is 0 Å². The molecule has 32 heavy (non-hydrogen) atoms. The largest absolute Gasteiger partial charge is 0.451 e. The van der Waals surface area contributed by atoms with Crippen LogP contribution in [-0.4, -0.2) is 23.5 Å². The van der Waals surface area contributed by atoms with Gasteiger partial charge in [-0.05, 0) is 36.8 Å². The predicted octanol–water partition coefficient (Wildman–Crippen LogP) is 4.75. The molecule has 0 fully saturated rings. The third kappa shape index (κ3) is 5.33. The van der Waals surface area contributed by atoms with E-state index in [0.717, 1.165) is 43.2 Å². The number of hydrogen-bond acceptors (Lipinski definition) is 8. The Labute approximate surface area is 194 Å². The second-order valence-corrected chi connectivity index (χ2v) is 9.35. The Morgan fingerprint density at radius 3 is 2.78 bits per heavy atom. The second-order valence-electron chi connectivity index (χ2n) is 7.38. The number of amides is 1. The zero-order chi connectivity index (χ0) is 22.3. The van der Waals surface area contributed by atoms with E-state index in [-0.39, 0.29) is 5.69 Å². The van der Waals surface area contributed by atoms with Gasteiger partial charge in [-0.25, -0.2) is 9.78 Å². The Morgan fingerprint density at radius 2 is 1.97 bits per heavy atom. The molecule has 0 radical (unpaired) electrons. The molecule has 1 aliphatic rings. The summed E-state index contributed by atoms with van der Waals surface area (Å²) in [5, 5.41) is 18.2. The molecule has 2 N–H and O–H groups in total. The molecule has 2 heterocycles. The highest BCUT2D eigenvalue weighted by Crippen LogP contribution is 2.36. The zero-order valence-electron chi connectivity index (χ0n) is 17.3. The van der Waals surface area contributed by atoms with Crippen molar-refractivity contribution in [2.75, 3.05) is 17.2 Å². The van der Waals surface area contributed by atoms with Crippen LogP contribution in [0.5, 0.6) is 0 Å². The summed E-state index contributed by atoms with van der Waals surface area (Å²) >= 11 is 2.75. The van der Waals surface area contributed by atoms with Crippen molar-refractivity contribution in [1.82, 2.24) is 4.98 Å². The van der Waals surface area contributed by atoms with E-state index in [0.29, 0.717) is 22.2 Å². The molecule has 1 aromatic carbocycles. The van der Waals surface area contributed by atoms with Gasteiger partial charge in [0.15, 0.2) is 17.4 Å². The molecule has 1 amide bonds. The average Bonchev–Trinajstić information content (AvgIpc) is 3.34. The molecule has 4 rings (SSSR count). The van der Waals surface area contributed by atoms with Gasteiger partial charge in [0.1, 0.15) is 11.1 Å². The van der Waals surface area contributed by atoms with Crippen LogP contribution < -0.4 is 10.6 Å². The lowest BCUT2D eigenvalue weighted by Crippen LogP contribution is -2.21. The summed E-state index contributed by atoms with van der Waals surface area (Å²) in [4.78, 5) is 30.0. The van der Waals surface area contributed by atoms with Crippen LogP contribution in [0.2, 0.25) is 0 Å². The van der Waals surface area contributed by atoms with Crippen LogP contribution >= 0.6 is 22.7 Å². The van der Waals surface area contributed by atoms with Crippen LogP contribution in [0.25, 0.3) is 0 Å². The topological polar surface area (TPSA) is 104 Å². The first kappa shape index (κ1) is 22.0. The number of rotatable bonds is 7. The number of nitrogens with zero attached hydrogens (tertiary/aromatic N) is 2. The fourth-order valence-electron chi connectivity index (χ4n) is 3.54. The van der Waals surface area contributed by atoms with E-state index < -0.39 is 18.5 Å². The van der Waals surface area contributed by atoms with Crippen molar-refractivity contribution < 1.29 is 14.3 Å². The molecule has 3 aromatic rings. The molecule has 164 valence electrons. The van der Waals surface area contributed by atoms with Gasteiger partial charge < -0.3 is 15.4 Å². The number of esters is 1. The summed E-state index contributed by atoms with van der Waals surface area (Å²) in [6.45, 7) is 0.161. The Hall–Kier alpha value is -3.22. The van der Waals surface area contributed by atoms with Crippen molar-refractivity contribution in [3.63, 3.8) is 0 Å². The Bertz CT molecular complexity index is 1150. The molecule has 0 bridgehead atoms. The number of aryl methyl sites for hydroxylation is 1. The average molecular weight is 467 g/mol. The highest BCUT2D eigenvalue weighted by Gasteiger charge is 2.21. The van der Waals surface area contributed by atoms with Crippen LogP contribution in [-0.2, 0) is 28.9 Å². The predicted molar refractivity (Wildman–Crippen MR) is 125 cm³/mol. The van der Waals surface area contributed by atoms with Crippen LogP contribution in [0.15, 0.2) is 35.7 Å². The molecule has 1 aliphatic carbocycles. The van der Waals surface area contributed by atoms with Crippen LogP contribution in [0, 0.1) is 11.3 Å². The van der Waals surface area contributed by atoms with Gasteiger partial charge in [0.05, 0.1) is 5.56 Å². The summed E-state index contributed by atoms with van der Waals surface area (Å²) in [6, 6.07) is 12.1. The molecule has 0 saturated carbocycles. The van der Waals surface area contributed by atoms with Gasteiger partial charge in [-0.15, -0.1) is 22.7 Å². The number of carbonyl (C=O) groups excluding carboxylic acids is 2. The van der Waals surface area contributed by atoms with Crippen molar-refractivity contribution in [2.24, 2.45) is 0 Å². The monoisotopic (exact) mass is 466 g/mol. The van der Waals surface area contributed by atoms with Gasteiger partial charge in [0.25, 0.3) is 5.91 Å². The van der Waals surface area contributed by atoms with Crippen molar-refractivity contribution in [1.29, 1.82) is 5.26 Å². The number of nitrogens with one attached hydrogen (secondary N) is 2. The van der Waals surface area contributed by atoms with E-state index in [9.17, 15) is 14.9 Å². The summed E-state index contributed by atoms with van der Waals surface area (Å²) in [5.41, 5.74) is 2.85. The molecule has 0 atom stereocenters. The van der Waals surface area contributed by atoms with E-state index >= 15 is 0 Å². The van der Waals surface area contributed by atoms with E-state index in [4.69, 9.17) is 4.74 Å². The lowest BCUT2D eigenvalue weighted by molar-refractivity contribution is -0.119. The Morgan fingerprint density at radius 1 is 1.16 bits per heavy atom. The van der Waals surface area contributed by atoms with E-state index in [1.807, 2.05) is 30.3 Å². The van der Waals surface area contributed by atoms with Crippen LogP contribution in [0.1, 0.15) is 51.3 Å². The van der Waals surface area contributed by atoms with Gasteiger partial charge >= 0.3 is 5.97 Å². The number of aromatic nitrogens is 1. The normalized spacial score (nSPS) is 12.8. The number of anilines is 2. The first-order valence-electron chi connectivity index (χ1n) is 10.4. The van der Waals surface area contributed by atoms with Crippen molar-refractivity contribution in [3.05, 3.63) is 63.0 Å². The number of thiazole rings is 1. The van der Waals surface area contributed by atoms with Gasteiger partial charge in [-0.3, -0.25) is 4.79 Å². The van der Waals surface area contributed by atoms with Crippen molar-refractivity contribution in [2.45, 2.75) is 38.6 Å². The molecule has 0 unspecified atom stereocenters. The lowest BCUT2D eigenvalue weighted by atomic mass is 10.1. The molecule has 7 nitrogen and oxygen atoms in total. The maximum Gasteiger partial charge on any atom is 0.358 e. The highest BCUT2D eigenvalue weighted by molar-refractivity contribution is 7.16. The molecule has 0 aliphatic heterocycles. The van der Waals surface area contributed by atoms with Crippen molar-refractivity contribution in [3.8, 4) is 6.07 Å². The fraction of sp³-hybridized carbons (Fsp3) is 0.304. The van der Waals surface area contributed by atoms with Crippen molar-refractivity contribution >= 4 is 44.7 Å². The Kier molecular flexibility index (Phi) is 7.14. The third-order valence-corrected chi connectivity index (χ3v) is 7.13. The SMILES string of the molecule is N#Cc1c(NC(=O)COC(=O)c2csc(NCc3ccccc3)n2)sc2c1CCCCC2. The first-order valence-corrected chi connectivity index (χ1v) is 12.1. The fourth-order valence-corrected chi connectivity index (χ4v) is 5.47. The number of hydrogen-bond donors (Lipinski definition) is 2. The molecule has 9 heteroatoms. The van der Waals surface area contributed by atoms with E-state index in [2.05, 4.69) is 21.7 Å². The maximum atomic E-state index is 12.3. The number of nitriles is 1. The number of carbonyl (C=O) groups is 2. The number of thiophene rings is 1. The molecule has 0 spiro atoms. The molecular formula is C23H22N4O3S2. The number of benzene rings is 1. The maximum absolute atomic E-state index is 12.3. The zero-order valence-corrected chi connectivity index (χ0v) is 19.0. The second kappa shape index (κ2) is 10.4. The van der Waals surface area contributed by atoms with Gasteiger partial charge in [0, 0.05) is 16.8 Å². The van der Waals surface area contributed by atoms with Crippen LogP contribution in [0.4, 0.5) is 10.1 Å².